The van der Waals surface area contributed by atoms with Crippen molar-refractivity contribution in [3.63, 3.8) is 0 Å². The highest BCUT2D eigenvalue weighted by molar-refractivity contribution is 9.10. The van der Waals surface area contributed by atoms with E-state index in [1.54, 1.807) is 7.11 Å². The number of nitriles is 1. The van der Waals surface area contributed by atoms with Crippen molar-refractivity contribution < 1.29 is 13.9 Å². The van der Waals surface area contributed by atoms with Crippen molar-refractivity contribution in [1.82, 2.24) is 0 Å². The molecule has 2 rings (SSSR count). The Kier molecular flexibility index (Phi) is 5.57. The van der Waals surface area contributed by atoms with Crippen LogP contribution in [0.15, 0.2) is 10.5 Å². The van der Waals surface area contributed by atoms with Crippen molar-refractivity contribution in [1.29, 1.82) is 5.26 Å². The monoisotopic (exact) mass is 315 g/mol. The van der Waals surface area contributed by atoms with E-state index in [1.807, 2.05) is 19.9 Å². The lowest BCUT2D eigenvalue weighted by Crippen LogP contribution is -2.19. The van der Waals surface area contributed by atoms with E-state index in [0.29, 0.717) is 23.2 Å². The molecule has 1 aromatic carbocycles. The lowest BCUT2D eigenvalue weighted by Gasteiger charge is -2.09. The van der Waals surface area contributed by atoms with Gasteiger partial charge in [-0.15, -0.1) is 0 Å². The molecule has 1 unspecified atom stereocenters. The van der Waals surface area contributed by atoms with Gasteiger partial charge in [0, 0.05) is 23.6 Å². The molecule has 0 N–H and O–H groups in total. The molecule has 0 fully saturated rings. The van der Waals surface area contributed by atoms with Gasteiger partial charge in [-0.2, -0.15) is 5.26 Å². The van der Waals surface area contributed by atoms with Gasteiger partial charge in [0.25, 0.3) is 0 Å². The van der Waals surface area contributed by atoms with E-state index in [-0.39, 0.29) is 11.7 Å². The molecule has 3 nitrogen and oxygen atoms in total. The Morgan fingerprint density at radius 3 is 2.83 bits per heavy atom. The summed E-state index contributed by atoms with van der Waals surface area (Å²) in [5.41, 5.74) is 0.803. The molecule has 1 aromatic rings. The van der Waals surface area contributed by atoms with Gasteiger partial charge in [-0.25, -0.2) is 4.39 Å². The van der Waals surface area contributed by atoms with Gasteiger partial charge in [0.15, 0.2) is 0 Å². The zero-order valence-electron chi connectivity index (χ0n) is 10.6. The van der Waals surface area contributed by atoms with Crippen molar-refractivity contribution in [2.45, 2.75) is 26.4 Å². The predicted molar refractivity (Wildman–Crippen MR) is 70.2 cm³/mol. The average molecular weight is 316 g/mol. The Balaban J connectivity index is 0.000000771. The standard InChI is InChI=1S/C11H9BrFNO2.C2H6/c1-15-5-6-2-7-9(12)3-10(13)8(4-14)11(7)16-6;1-2/h3,6H,2,5H2,1H3;1-2H3. The number of halogens is 2. The Morgan fingerprint density at radius 1 is 1.61 bits per heavy atom. The molecule has 0 aromatic heterocycles. The van der Waals surface area contributed by atoms with Gasteiger partial charge < -0.3 is 9.47 Å². The van der Waals surface area contributed by atoms with Gasteiger partial charge in [-0.1, -0.05) is 29.8 Å². The summed E-state index contributed by atoms with van der Waals surface area (Å²) >= 11 is 3.27. The minimum atomic E-state index is -0.564. The van der Waals surface area contributed by atoms with Crippen LogP contribution in [-0.4, -0.2) is 19.8 Å². The van der Waals surface area contributed by atoms with E-state index in [4.69, 9.17) is 14.7 Å². The van der Waals surface area contributed by atoms with Crippen LogP contribution in [0.2, 0.25) is 0 Å². The summed E-state index contributed by atoms with van der Waals surface area (Å²) in [7, 11) is 1.58. The van der Waals surface area contributed by atoms with Gasteiger partial charge in [0.2, 0.25) is 0 Å². The van der Waals surface area contributed by atoms with E-state index >= 15 is 0 Å². The van der Waals surface area contributed by atoms with Gasteiger partial charge in [-0.05, 0) is 6.07 Å². The second-order valence-corrected chi connectivity index (χ2v) is 4.39. The van der Waals surface area contributed by atoms with Crippen LogP contribution in [0.1, 0.15) is 25.0 Å². The summed E-state index contributed by atoms with van der Waals surface area (Å²) in [5.74, 6) is -0.220. The van der Waals surface area contributed by atoms with E-state index in [9.17, 15) is 4.39 Å². The van der Waals surface area contributed by atoms with Gasteiger partial charge in [-0.3, -0.25) is 0 Å². The highest BCUT2D eigenvalue weighted by Crippen LogP contribution is 2.38. The normalized spacial score (nSPS) is 16.1. The van der Waals surface area contributed by atoms with Gasteiger partial charge in [0.1, 0.15) is 29.3 Å². The van der Waals surface area contributed by atoms with Crippen molar-refractivity contribution >= 4 is 15.9 Å². The first-order valence-corrected chi connectivity index (χ1v) is 6.53. The van der Waals surface area contributed by atoms with Crippen molar-refractivity contribution in [2.24, 2.45) is 0 Å². The zero-order valence-corrected chi connectivity index (χ0v) is 12.2. The molecule has 5 heteroatoms. The molecule has 0 saturated heterocycles. The van der Waals surface area contributed by atoms with Crippen molar-refractivity contribution in [2.75, 3.05) is 13.7 Å². The second kappa shape index (κ2) is 6.72. The first kappa shape index (κ1) is 14.9. The SMILES string of the molecule is CC.COCC1Cc2c(Br)cc(F)c(C#N)c2O1. The van der Waals surface area contributed by atoms with E-state index in [2.05, 4.69) is 15.9 Å². The number of methoxy groups -OCH3 is 1. The summed E-state index contributed by atoms with van der Waals surface area (Å²) in [5, 5.41) is 8.87. The van der Waals surface area contributed by atoms with Crippen molar-refractivity contribution in [3.05, 3.63) is 27.5 Å². The highest BCUT2D eigenvalue weighted by atomic mass is 79.9. The Morgan fingerprint density at radius 2 is 2.28 bits per heavy atom. The fraction of sp³-hybridized carbons (Fsp3) is 0.462. The third-order valence-corrected chi connectivity index (χ3v) is 3.17. The lowest BCUT2D eigenvalue weighted by molar-refractivity contribution is 0.0948. The Bertz CT molecular complexity index is 471. The molecule has 0 amide bonds. The molecule has 18 heavy (non-hydrogen) atoms. The molecule has 0 bridgehead atoms. The molecule has 1 aliphatic rings. The maximum absolute atomic E-state index is 13.5. The number of hydrogen-bond donors (Lipinski definition) is 0. The van der Waals surface area contributed by atoms with Crippen LogP contribution in [0, 0.1) is 17.1 Å². The maximum Gasteiger partial charge on any atom is 0.145 e. The fourth-order valence-electron chi connectivity index (χ4n) is 1.78. The highest BCUT2D eigenvalue weighted by Gasteiger charge is 2.29. The molecular formula is C13H15BrFNO2. The fourth-order valence-corrected chi connectivity index (χ4v) is 2.32. The third-order valence-electron chi connectivity index (χ3n) is 2.46. The number of nitrogens with zero attached hydrogens (tertiary/aromatic N) is 1. The summed E-state index contributed by atoms with van der Waals surface area (Å²) in [6, 6.07) is 3.13. The molecule has 0 saturated carbocycles. The van der Waals surface area contributed by atoms with Crippen LogP contribution in [0.3, 0.4) is 0 Å². The maximum atomic E-state index is 13.5. The molecule has 1 heterocycles. The zero-order chi connectivity index (χ0) is 13.7. The first-order valence-electron chi connectivity index (χ1n) is 5.74. The quantitative estimate of drug-likeness (QED) is 0.839. The first-order chi connectivity index (χ1) is 8.67. The smallest absolute Gasteiger partial charge is 0.145 e. The largest absolute Gasteiger partial charge is 0.486 e. The van der Waals surface area contributed by atoms with Crippen LogP contribution in [0.25, 0.3) is 0 Å². The summed E-state index contributed by atoms with van der Waals surface area (Å²) in [6.07, 6.45) is 0.476. The van der Waals surface area contributed by atoms with Crippen LogP contribution >= 0.6 is 15.9 Å². The van der Waals surface area contributed by atoms with Crippen LogP contribution in [0.4, 0.5) is 4.39 Å². The van der Waals surface area contributed by atoms with Crippen LogP contribution in [0.5, 0.6) is 5.75 Å². The summed E-state index contributed by atoms with van der Waals surface area (Å²) < 4.78 is 24.6. The second-order valence-electron chi connectivity index (χ2n) is 3.53. The average Bonchev–Trinajstić information content (AvgIpc) is 2.77. The summed E-state index contributed by atoms with van der Waals surface area (Å²) in [6.45, 7) is 4.42. The minimum absolute atomic E-state index is 0.0307. The molecule has 0 radical (unpaired) electrons. The Hall–Kier alpha value is -1.12. The van der Waals surface area contributed by atoms with Crippen LogP contribution < -0.4 is 4.74 Å². The summed E-state index contributed by atoms with van der Waals surface area (Å²) in [4.78, 5) is 0. The molecule has 1 aliphatic heterocycles. The van der Waals surface area contributed by atoms with Gasteiger partial charge >= 0.3 is 0 Å². The molecule has 1 atom stereocenters. The number of fused-ring (bicyclic) bond motifs is 1. The molecule has 0 spiro atoms. The topological polar surface area (TPSA) is 42.2 Å². The lowest BCUT2D eigenvalue weighted by atomic mass is 10.1. The molecular weight excluding hydrogens is 301 g/mol. The molecule has 0 aliphatic carbocycles. The van der Waals surface area contributed by atoms with E-state index < -0.39 is 5.82 Å². The minimum Gasteiger partial charge on any atom is -0.486 e. The van der Waals surface area contributed by atoms with Gasteiger partial charge in [0.05, 0.1) is 6.61 Å². The number of hydrogen-bond acceptors (Lipinski definition) is 3. The van der Waals surface area contributed by atoms with Crippen molar-refractivity contribution in [3.8, 4) is 11.8 Å². The van der Waals surface area contributed by atoms with E-state index in [0.717, 1.165) is 5.56 Å². The van der Waals surface area contributed by atoms with E-state index in [1.165, 1.54) is 6.07 Å². The third kappa shape index (κ3) is 2.82. The number of benzene rings is 1. The Labute approximate surface area is 115 Å². The predicted octanol–water partition coefficient (Wildman–Crippen LogP) is 3.44. The molecule has 98 valence electrons. The number of rotatable bonds is 2. The number of ether oxygens (including phenoxy) is 2. The van der Waals surface area contributed by atoms with Crippen LogP contribution in [-0.2, 0) is 11.2 Å².